The normalized spacial score (nSPS) is 9.87. The lowest BCUT2D eigenvalue weighted by Gasteiger charge is -2.10. The molecule has 5 nitrogen and oxygen atoms in total. The summed E-state index contributed by atoms with van der Waals surface area (Å²) in [7, 11) is 1.59. The van der Waals surface area contributed by atoms with Gasteiger partial charge in [-0.05, 0) is 18.1 Å². The molecule has 0 saturated carbocycles. The summed E-state index contributed by atoms with van der Waals surface area (Å²) in [6.45, 7) is 5.39. The van der Waals surface area contributed by atoms with Gasteiger partial charge in [-0.3, -0.25) is 5.32 Å². The number of thiocarbonyl (C=S) groups is 1. The molecule has 0 fully saturated rings. The average Bonchev–Trinajstić information content (AvgIpc) is 2.15. The monoisotopic (exact) mass is 234 g/mol. The van der Waals surface area contributed by atoms with Crippen LogP contribution >= 0.6 is 12.2 Å². The van der Waals surface area contributed by atoms with Crippen LogP contribution in [0, 0.1) is 5.92 Å². The molecule has 2 N–H and O–H groups in total. The molecule has 0 aliphatic rings. The topological polar surface area (TPSA) is 59.6 Å². The minimum atomic E-state index is -0.529. The van der Waals surface area contributed by atoms with Crippen LogP contribution in [-0.4, -0.2) is 38.1 Å². The largest absolute Gasteiger partial charge is 0.449 e. The van der Waals surface area contributed by atoms with Crippen LogP contribution in [0.15, 0.2) is 0 Å². The van der Waals surface area contributed by atoms with E-state index in [2.05, 4.69) is 10.6 Å². The fraction of sp³-hybridized carbons (Fsp3) is 0.778. The van der Waals surface area contributed by atoms with Crippen molar-refractivity contribution < 1.29 is 14.3 Å². The molecular weight excluding hydrogens is 216 g/mol. The van der Waals surface area contributed by atoms with Crippen LogP contribution < -0.4 is 10.6 Å². The van der Waals surface area contributed by atoms with E-state index in [-0.39, 0.29) is 5.11 Å². The van der Waals surface area contributed by atoms with Crippen molar-refractivity contribution in [3.63, 3.8) is 0 Å². The van der Waals surface area contributed by atoms with Crippen molar-refractivity contribution in [1.82, 2.24) is 10.6 Å². The number of hydrogen-bond donors (Lipinski definition) is 2. The maximum absolute atomic E-state index is 11.1. The molecule has 0 radical (unpaired) electrons. The molecule has 0 aliphatic carbocycles. The number of carbonyl (C=O) groups is 1. The number of methoxy groups -OCH3 is 1. The number of nitrogens with one attached hydrogen (secondary N) is 2. The van der Waals surface area contributed by atoms with E-state index in [0.717, 1.165) is 0 Å². The van der Waals surface area contributed by atoms with E-state index in [1.165, 1.54) is 0 Å². The molecule has 0 aromatic rings. The first-order valence-electron chi connectivity index (χ1n) is 4.76. The Balaban J connectivity index is 3.53. The summed E-state index contributed by atoms with van der Waals surface area (Å²) in [5, 5.41) is 5.45. The van der Waals surface area contributed by atoms with Gasteiger partial charge in [0.25, 0.3) is 0 Å². The van der Waals surface area contributed by atoms with E-state index in [9.17, 15) is 4.79 Å². The molecule has 0 aromatic carbocycles. The Hall–Kier alpha value is -0.880. The molecule has 0 saturated heterocycles. The first kappa shape index (κ1) is 14.1. The molecule has 0 aromatic heterocycles. The fourth-order valence-corrected chi connectivity index (χ4v) is 0.867. The zero-order valence-electron chi connectivity index (χ0n) is 9.33. The van der Waals surface area contributed by atoms with Gasteiger partial charge in [-0.25, -0.2) is 4.79 Å². The smallest absolute Gasteiger partial charge is 0.413 e. The summed E-state index contributed by atoms with van der Waals surface area (Å²) in [4.78, 5) is 11.1. The molecule has 0 unspecified atom stereocenters. The van der Waals surface area contributed by atoms with Gasteiger partial charge < -0.3 is 14.8 Å². The van der Waals surface area contributed by atoms with Gasteiger partial charge in [-0.2, -0.15) is 0 Å². The summed E-state index contributed by atoms with van der Waals surface area (Å²) >= 11 is 4.84. The SMILES string of the molecule is COCCNC(=S)NC(=O)OCC(C)C. The lowest BCUT2D eigenvalue weighted by Crippen LogP contribution is -2.41. The van der Waals surface area contributed by atoms with Gasteiger partial charge in [-0.1, -0.05) is 13.8 Å². The number of alkyl carbamates (subject to hydrolysis) is 1. The zero-order chi connectivity index (χ0) is 11.7. The van der Waals surface area contributed by atoms with Gasteiger partial charge in [-0.15, -0.1) is 0 Å². The molecule has 15 heavy (non-hydrogen) atoms. The second-order valence-corrected chi connectivity index (χ2v) is 3.77. The number of ether oxygens (including phenoxy) is 2. The average molecular weight is 234 g/mol. The molecule has 0 heterocycles. The third-order valence-electron chi connectivity index (χ3n) is 1.36. The second kappa shape index (κ2) is 8.43. The highest BCUT2D eigenvalue weighted by molar-refractivity contribution is 7.80. The Labute approximate surface area is 95.5 Å². The molecule has 0 aliphatic heterocycles. The fourth-order valence-electron chi connectivity index (χ4n) is 0.682. The van der Waals surface area contributed by atoms with E-state index in [1.54, 1.807) is 7.11 Å². The first-order valence-corrected chi connectivity index (χ1v) is 5.17. The molecule has 6 heteroatoms. The van der Waals surface area contributed by atoms with Crippen LogP contribution in [0.2, 0.25) is 0 Å². The van der Waals surface area contributed by atoms with Gasteiger partial charge in [0.2, 0.25) is 0 Å². The van der Waals surface area contributed by atoms with Crippen molar-refractivity contribution in [2.24, 2.45) is 5.92 Å². The summed E-state index contributed by atoms with van der Waals surface area (Å²) in [6.07, 6.45) is -0.529. The number of amides is 1. The van der Waals surface area contributed by atoms with E-state index < -0.39 is 6.09 Å². The minimum absolute atomic E-state index is 0.251. The quantitative estimate of drug-likeness (QED) is 0.546. The lowest BCUT2D eigenvalue weighted by atomic mass is 10.2. The van der Waals surface area contributed by atoms with Crippen LogP contribution in [0.25, 0.3) is 0 Å². The third kappa shape index (κ3) is 9.42. The van der Waals surface area contributed by atoms with Crippen molar-refractivity contribution in [1.29, 1.82) is 0 Å². The van der Waals surface area contributed by atoms with Gasteiger partial charge in [0.1, 0.15) is 0 Å². The maximum Gasteiger partial charge on any atom is 0.413 e. The van der Waals surface area contributed by atoms with Gasteiger partial charge >= 0.3 is 6.09 Å². The van der Waals surface area contributed by atoms with Crippen molar-refractivity contribution in [3.8, 4) is 0 Å². The first-order chi connectivity index (χ1) is 7.06. The van der Waals surface area contributed by atoms with Crippen molar-refractivity contribution >= 4 is 23.4 Å². The van der Waals surface area contributed by atoms with E-state index in [4.69, 9.17) is 21.7 Å². The van der Waals surface area contributed by atoms with Crippen molar-refractivity contribution in [2.75, 3.05) is 26.9 Å². The highest BCUT2D eigenvalue weighted by Crippen LogP contribution is 1.92. The Kier molecular flexibility index (Phi) is 7.94. The Morgan fingerprint density at radius 1 is 1.47 bits per heavy atom. The number of rotatable bonds is 5. The summed E-state index contributed by atoms with van der Waals surface area (Å²) in [5.74, 6) is 0.311. The molecule has 0 atom stereocenters. The third-order valence-corrected chi connectivity index (χ3v) is 1.60. The van der Waals surface area contributed by atoms with E-state index >= 15 is 0 Å². The summed E-state index contributed by atoms with van der Waals surface area (Å²) in [5.41, 5.74) is 0. The second-order valence-electron chi connectivity index (χ2n) is 3.37. The predicted octanol–water partition coefficient (Wildman–Crippen LogP) is 0.890. The Morgan fingerprint density at radius 2 is 2.13 bits per heavy atom. The van der Waals surface area contributed by atoms with Gasteiger partial charge in [0, 0.05) is 13.7 Å². The van der Waals surface area contributed by atoms with Crippen LogP contribution in [0.5, 0.6) is 0 Å². The van der Waals surface area contributed by atoms with Crippen LogP contribution in [0.1, 0.15) is 13.8 Å². The molecule has 0 rings (SSSR count). The van der Waals surface area contributed by atoms with Crippen molar-refractivity contribution in [2.45, 2.75) is 13.8 Å². The zero-order valence-corrected chi connectivity index (χ0v) is 10.1. The predicted molar refractivity (Wildman–Crippen MR) is 61.8 cm³/mol. The molecule has 88 valence electrons. The maximum atomic E-state index is 11.1. The van der Waals surface area contributed by atoms with Crippen molar-refractivity contribution in [3.05, 3.63) is 0 Å². The standard InChI is InChI=1S/C9H18N2O3S/c1-7(2)6-14-9(12)11-8(15)10-4-5-13-3/h7H,4-6H2,1-3H3,(H2,10,11,12,15). The molecular formula is C9H18N2O3S. The highest BCUT2D eigenvalue weighted by Gasteiger charge is 2.05. The summed E-state index contributed by atoms with van der Waals surface area (Å²) < 4.78 is 9.68. The van der Waals surface area contributed by atoms with Crippen LogP contribution in [0.4, 0.5) is 4.79 Å². The van der Waals surface area contributed by atoms with Gasteiger partial charge in [0.15, 0.2) is 5.11 Å². The molecule has 1 amide bonds. The lowest BCUT2D eigenvalue weighted by molar-refractivity contribution is 0.138. The molecule has 0 spiro atoms. The van der Waals surface area contributed by atoms with Gasteiger partial charge in [0.05, 0.1) is 13.2 Å². The van der Waals surface area contributed by atoms with E-state index in [1.807, 2.05) is 13.8 Å². The number of carbonyl (C=O) groups excluding carboxylic acids is 1. The van der Waals surface area contributed by atoms with Crippen LogP contribution in [-0.2, 0) is 9.47 Å². The Morgan fingerprint density at radius 3 is 2.67 bits per heavy atom. The Bertz CT molecular complexity index is 210. The van der Waals surface area contributed by atoms with Crippen LogP contribution in [0.3, 0.4) is 0 Å². The highest BCUT2D eigenvalue weighted by atomic mass is 32.1. The summed E-state index contributed by atoms with van der Waals surface area (Å²) in [6, 6.07) is 0. The van der Waals surface area contributed by atoms with E-state index in [0.29, 0.717) is 25.7 Å². The molecule has 0 bridgehead atoms. The minimum Gasteiger partial charge on any atom is -0.449 e. The number of hydrogen-bond acceptors (Lipinski definition) is 4.